The van der Waals surface area contributed by atoms with E-state index in [-0.39, 0.29) is 11.9 Å². The molecule has 6 heteroatoms. The van der Waals surface area contributed by atoms with Crippen molar-refractivity contribution in [2.24, 2.45) is 11.8 Å². The normalized spacial score (nSPS) is 19.0. The maximum absolute atomic E-state index is 11.8. The zero-order valence-electron chi connectivity index (χ0n) is 13.6. The molecular weight excluding hydrogens is 314 g/mol. The number of ether oxygens (including phenoxy) is 1. The number of anilines is 1. The van der Waals surface area contributed by atoms with Crippen molar-refractivity contribution in [2.45, 2.75) is 45.4 Å². The Morgan fingerprint density at radius 3 is 2.74 bits per heavy atom. The molecule has 3 rings (SSSR count). The van der Waals surface area contributed by atoms with Crippen molar-refractivity contribution < 1.29 is 9.53 Å². The minimum Gasteiger partial charge on any atom is -0.466 e. The Labute approximate surface area is 142 Å². The summed E-state index contributed by atoms with van der Waals surface area (Å²) in [6.45, 7) is 3.82. The van der Waals surface area contributed by atoms with Crippen LogP contribution < -0.4 is 4.90 Å². The van der Waals surface area contributed by atoms with E-state index >= 15 is 0 Å². The Balaban J connectivity index is 1.60. The van der Waals surface area contributed by atoms with E-state index in [1.165, 1.54) is 19.3 Å². The molecule has 5 nitrogen and oxygen atoms in total. The first kappa shape index (κ1) is 16.5. The molecule has 23 heavy (non-hydrogen) atoms. The van der Waals surface area contributed by atoms with Crippen molar-refractivity contribution in [3.63, 3.8) is 0 Å². The van der Waals surface area contributed by atoms with E-state index in [0.717, 1.165) is 49.8 Å². The van der Waals surface area contributed by atoms with Gasteiger partial charge in [-0.15, -0.1) is 0 Å². The van der Waals surface area contributed by atoms with Gasteiger partial charge in [-0.1, -0.05) is 24.4 Å². The van der Waals surface area contributed by atoms with Gasteiger partial charge in [0.25, 0.3) is 0 Å². The Kier molecular flexibility index (Phi) is 5.36. The van der Waals surface area contributed by atoms with E-state index in [0.29, 0.717) is 11.8 Å². The van der Waals surface area contributed by atoms with Crippen molar-refractivity contribution in [1.82, 2.24) is 9.97 Å². The van der Waals surface area contributed by atoms with Gasteiger partial charge in [-0.05, 0) is 38.5 Å². The van der Waals surface area contributed by atoms with Gasteiger partial charge in [0.1, 0.15) is 0 Å². The third kappa shape index (κ3) is 4.34. The smallest absolute Gasteiger partial charge is 0.309 e. The molecule has 0 radical (unpaired) electrons. The Morgan fingerprint density at radius 1 is 1.35 bits per heavy atom. The second kappa shape index (κ2) is 7.47. The molecule has 0 spiro atoms. The number of hydrogen-bond donors (Lipinski definition) is 0. The summed E-state index contributed by atoms with van der Waals surface area (Å²) in [5.41, 5.74) is 1.02. The third-order valence-electron chi connectivity index (χ3n) is 4.68. The first-order valence-corrected chi connectivity index (χ1v) is 8.98. The molecule has 1 aromatic heterocycles. The first-order valence-electron chi connectivity index (χ1n) is 8.60. The lowest BCUT2D eigenvalue weighted by Crippen LogP contribution is -2.37. The first-order chi connectivity index (χ1) is 11.2. The summed E-state index contributed by atoms with van der Waals surface area (Å²) in [5, 5.41) is 0.453. The molecule has 0 amide bonds. The number of rotatable bonds is 6. The van der Waals surface area contributed by atoms with Gasteiger partial charge in [0, 0.05) is 13.1 Å². The molecule has 0 bridgehead atoms. The molecule has 0 unspecified atom stereocenters. The van der Waals surface area contributed by atoms with Crippen molar-refractivity contribution in [3.05, 3.63) is 17.0 Å². The number of nitrogens with zero attached hydrogens (tertiary/aromatic N) is 3. The summed E-state index contributed by atoms with van der Waals surface area (Å²) in [5.74, 6) is 1.57. The molecule has 1 aliphatic heterocycles. The maximum atomic E-state index is 11.8. The summed E-state index contributed by atoms with van der Waals surface area (Å²) in [7, 11) is 0. The maximum Gasteiger partial charge on any atom is 0.309 e. The molecule has 2 fully saturated rings. The minimum absolute atomic E-state index is 0.00372. The second-order valence-electron chi connectivity index (χ2n) is 6.47. The predicted octanol–water partition coefficient (Wildman–Crippen LogP) is 3.25. The minimum atomic E-state index is -0.0810. The SMILES string of the molecule is CCOC(=O)C1CCN(c2nc(CCC3CC3)cnc2Cl)CC1. The van der Waals surface area contributed by atoms with Crippen molar-refractivity contribution in [2.75, 3.05) is 24.6 Å². The third-order valence-corrected chi connectivity index (χ3v) is 4.95. The van der Waals surface area contributed by atoms with Gasteiger partial charge in [-0.3, -0.25) is 4.79 Å². The van der Waals surface area contributed by atoms with Crippen LogP contribution in [-0.2, 0) is 16.0 Å². The zero-order valence-corrected chi connectivity index (χ0v) is 14.4. The number of hydrogen-bond acceptors (Lipinski definition) is 5. The molecule has 0 aromatic carbocycles. The number of aromatic nitrogens is 2. The Bertz CT molecular complexity index is 555. The van der Waals surface area contributed by atoms with Crippen molar-refractivity contribution in [1.29, 1.82) is 0 Å². The molecule has 1 aliphatic carbocycles. The molecule has 1 saturated heterocycles. The monoisotopic (exact) mass is 337 g/mol. The van der Waals surface area contributed by atoms with Gasteiger partial charge >= 0.3 is 5.97 Å². The lowest BCUT2D eigenvalue weighted by molar-refractivity contribution is -0.148. The average molecular weight is 338 g/mol. The van der Waals surface area contributed by atoms with Crippen LogP contribution in [0.4, 0.5) is 5.82 Å². The highest BCUT2D eigenvalue weighted by molar-refractivity contribution is 6.31. The van der Waals surface area contributed by atoms with Gasteiger partial charge in [-0.25, -0.2) is 9.97 Å². The van der Waals surface area contributed by atoms with E-state index in [9.17, 15) is 4.79 Å². The van der Waals surface area contributed by atoms with Crippen molar-refractivity contribution >= 4 is 23.4 Å². The summed E-state index contributed by atoms with van der Waals surface area (Å²) in [4.78, 5) is 23.0. The van der Waals surface area contributed by atoms with Crippen LogP contribution in [0.1, 0.15) is 44.7 Å². The molecule has 0 N–H and O–H groups in total. The Hall–Kier alpha value is -1.36. The fourth-order valence-corrected chi connectivity index (χ4v) is 3.28. The summed E-state index contributed by atoms with van der Waals surface area (Å²) in [6, 6.07) is 0. The molecule has 126 valence electrons. The average Bonchev–Trinajstić information content (AvgIpc) is 3.39. The second-order valence-corrected chi connectivity index (χ2v) is 6.83. The van der Waals surface area contributed by atoms with Crippen molar-refractivity contribution in [3.8, 4) is 0 Å². The van der Waals surface area contributed by atoms with Crippen LogP contribution in [0.5, 0.6) is 0 Å². The number of esters is 1. The van der Waals surface area contributed by atoms with E-state index < -0.39 is 0 Å². The molecule has 2 aliphatic rings. The number of piperidine rings is 1. The standard InChI is InChI=1S/C17H24ClN3O2/c1-2-23-17(22)13-7-9-21(10-8-13)16-15(18)19-11-14(20-16)6-5-12-3-4-12/h11-13H,2-10H2,1H3. The van der Waals surface area contributed by atoms with E-state index in [1.807, 2.05) is 6.92 Å². The fraction of sp³-hybridized carbons (Fsp3) is 0.706. The summed E-state index contributed by atoms with van der Waals surface area (Å²) < 4.78 is 5.11. The highest BCUT2D eigenvalue weighted by Gasteiger charge is 2.28. The zero-order chi connectivity index (χ0) is 16.2. The molecule has 1 aromatic rings. The van der Waals surface area contributed by atoms with E-state index in [1.54, 1.807) is 6.20 Å². The largest absolute Gasteiger partial charge is 0.466 e. The number of carbonyl (C=O) groups excluding carboxylic acids is 1. The van der Waals surface area contributed by atoms with Crippen LogP contribution >= 0.6 is 11.6 Å². The van der Waals surface area contributed by atoms with Gasteiger partial charge in [0.05, 0.1) is 24.4 Å². The van der Waals surface area contributed by atoms with E-state index in [4.69, 9.17) is 21.3 Å². The van der Waals surface area contributed by atoms with Gasteiger partial charge < -0.3 is 9.64 Å². The molecule has 1 saturated carbocycles. The summed E-state index contributed by atoms with van der Waals surface area (Å²) in [6.07, 6.45) is 8.23. The molecule has 2 heterocycles. The van der Waals surface area contributed by atoms with Gasteiger partial charge in [-0.2, -0.15) is 0 Å². The number of carbonyl (C=O) groups is 1. The quantitative estimate of drug-likeness (QED) is 0.746. The lowest BCUT2D eigenvalue weighted by Gasteiger charge is -2.32. The highest BCUT2D eigenvalue weighted by atomic mass is 35.5. The Morgan fingerprint density at radius 2 is 2.09 bits per heavy atom. The highest BCUT2D eigenvalue weighted by Crippen LogP contribution is 2.34. The number of aryl methyl sites for hydroxylation is 1. The van der Waals surface area contributed by atoms with Crippen LogP contribution in [0.3, 0.4) is 0 Å². The topological polar surface area (TPSA) is 55.3 Å². The van der Waals surface area contributed by atoms with Crippen LogP contribution in [0.25, 0.3) is 0 Å². The predicted molar refractivity (Wildman–Crippen MR) is 89.7 cm³/mol. The lowest BCUT2D eigenvalue weighted by atomic mass is 9.97. The molecular formula is C17H24ClN3O2. The van der Waals surface area contributed by atoms with Gasteiger partial charge in [0.2, 0.25) is 0 Å². The van der Waals surface area contributed by atoms with E-state index in [2.05, 4.69) is 9.88 Å². The summed E-state index contributed by atoms with van der Waals surface area (Å²) >= 11 is 6.25. The van der Waals surface area contributed by atoms with Gasteiger partial charge in [0.15, 0.2) is 11.0 Å². The fourth-order valence-electron chi connectivity index (χ4n) is 3.07. The van der Waals surface area contributed by atoms with Crippen LogP contribution in [0, 0.1) is 11.8 Å². The number of halogens is 1. The van der Waals surface area contributed by atoms with Crippen LogP contribution in [-0.4, -0.2) is 35.6 Å². The molecule has 0 atom stereocenters. The van der Waals surface area contributed by atoms with Crippen LogP contribution in [0.2, 0.25) is 5.15 Å². The van der Waals surface area contributed by atoms with Crippen LogP contribution in [0.15, 0.2) is 6.20 Å².